The number of nitrogens with one attached hydrogen (secondary N) is 2. The molecule has 1 fully saturated rings. The molecule has 0 bridgehead atoms. The van der Waals surface area contributed by atoms with Crippen LogP contribution in [0.1, 0.15) is 64.2 Å². The Labute approximate surface area is 117 Å². The number of hydrogen-bond donors (Lipinski definition) is 2. The molecule has 0 aromatic heterocycles. The maximum absolute atomic E-state index is 11.8. The van der Waals surface area contributed by atoms with E-state index in [9.17, 15) is 4.79 Å². The molecule has 0 aromatic rings. The van der Waals surface area contributed by atoms with Crippen LogP contribution >= 0.6 is 0 Å². The molecule has 1 aliphatic heterocycles. The summed E-state index contributed by atoms with van der Waals surface area (Å²) in [5, 5.41) is 6.56. The smallest absolute Gasteiger partial charge is 0.220 e. The van der Waals surface area contributed by atoms with E-state index < -0.39 is 0 Å². The van der Waals surface area contributed by atoms with Crippen molar-refractivity contribution >= 4 is 5.91 Å². The summed E-state index contributed by atoms with van der Waals surface area (Å²) in [6.45, 7) is 1.95. The Bertz CT molecular complexity index is 306. The molecule has 1 unspecified atom stereocenters. The second kappa shape index (κ2) is 8.36. The van der Waals surface area contributed by atoms with Crippen LogP contribution in [0, 0.1) is 0 Å². The lowest BCUT2D eigenvalue weighted by Gasteiger charge is -2.23. The molecular weight excluding hydrogens is 236 g/mol. The van der Waals surface area contributed by atoms with Gasteiger partial charge in [-0.2, -0.15) is 0 Å². The lowest BCUT2D eigenvalue weighted by Crippen LogP contribution is -2.35. The molecule has 1 saturated heterocycles. The van der Waals surface area contributed by atoms with Crippen molar-refractivity contribution < 1.29 is 4.79 Å². The molecule has 0 radical (unpaired) electrons. The highest BCUT2D eigenvalue weighted by Gasteiger charge is 2.13. The third kappa shape index (κ3) is 5.77. The fourth-order valence-corrected chi connectivity index (χ4v) is 3.06. The average molecular weight is 264 g/mol. The van der Waals surface area contributed by atoms with Crippen molar-refractivity contribution in [2.24, 2.45) is 0 Å². The van der Waals surface area contributed by atoms with E-state index >= 15 is 0 Å². The molecule has 108 valence electrons. The molecule has 1 atom stereocenters. The van der Waals surface area contributed by atoms with Crippen molar-refractivity contribution in [3.05, 3.63) is 11.6 Å². The first-order valence-electron chi connectivity index (χ1n) is 8.02. The maximum atomic E-state index is 11.8. The largest absolute Gasteiger partial charge is 0.356 e. The van der Waals surface area contributed by atoms with Crippen LogP contribution in [-0.4, -0.2) is 25.0 Å². The number of carbonyl (C=O) groups excluding carboxylic acids is 1. The van der Waals surface area contributed by atoms with Gasteiger partial charge in [0.2, 0.25) is 5.91 Å². The lowest BCUT2D eigenvalue weighted by molar-refractivity contribution is -0.121. The lowest BCUT2D eigenvalue weighted by atomic mass is 9.97. The van der Waals surface area contributed by atoms with Crippen molar-refractivity contribution in [3.8, 4) is 0 Å². The maximum Gasteiger partial charge on any atom is 0.220 e. The van der Waals surface area contributed by atoms with Crippen LogP contribution in [0.2, 0.25) is 0 Å². The quantitative estimate of drug-likeness (QED) is 0.724. The van der Waals surface area contributed by atoms with Gasteiger partial charge in [0.25, 0.3) is 0 Å². The number of hydrogen-bond acceptors (Lipinski definition) is 2. The summed E-state index contributed by atoms with van der Waals surface area (Å²) in [5.41, 5.74) is 1.54. The van der Waals surface area contributed by atoms with E-state index in [0.29, 0.717) is 12.5 Å². The van der Waals surface area contributed by atoms with E-state index in [-0.39, 0.29) is 5.91 Å². The summed E-state index contributed by atoms with van der Waals surface area (Å²) in [4.78, 5) is 11.8. The van der Waals surface area contributed by atoms with Crippen molar-refractivity contribution in [2.75, 3.05) is 13.1 Å². The van der Waals surface area contributed by atoms with E-state index in [1.807, 2.05) is 0 Å². The Morgan fingerprint density at radius 1 is 1.32 bits per heavy atom. The molecule has 3 nitrogen and oxygen atoms in total. The molecule has 3 heteroatoms. The van der Waals surface area contributed by atoms with Crippen molar-refractivity contribution in [1.82, 2.24) is 10.6 Å². The van der Waals surface area contributed by atoms with Crippen molar-refractivity contribution in [3.63, 3.8) is 0 Å². The van der Waals surface area contributed by atoms with Crippen LogP contribution < -0.4 is 10.6 Å². The van der Waals surface area contributed by atoms with Gasteiger partial charge in [-0.25, -0.2) is 0 Å². The highest BCUT2D eigenvalue weighted by atomic mass is 16.1. The summed E-state index contributed by atoms with van der Waals surface area (Å²) >= 11 is 0. The van der Waals surface area contributed by atoms with Crippen molar-refractivity contribution in [2.45, 2.75) is 70.3 Å². The molecule has 1 amide bonds. The SMILES string of the molecule is O=C(CCC1CCCCN1)NCCC1=CCCCC1. The Hall–Kier alpha value is -0.830. The van der Waals surface area contributed by atoms with Crippen LogP contribution in [0.4, 0.5) is 0 Å². The highest BCUT2D eigenvalue weighted by molar-refractivity contribution is 5.75. The summed E-state index contributed by atoms with van der Waals surface area (Å²) in [5.74, 6) is 0.226. The molecule has 2 N–H and O–H groups in total. The summed E-state index contributed by atoms with van der Waals surface area (Å²) in [6, 6.07) is 0.570. The Balaban J connectivity index is 1.52. The molecule has 19 heavy (non-hydrogen) atoms. The van der Waals surface area contributed by atoms with Gasteiger partial charge in [0, 0.05) is 19.0 Å². The van der Waals surface area contributed by atoms with Crippen LogP contribution in [-0.2, 0) is 4.79 Å². The normalized spacial score (nSPS) is 23.8. The molecule has 1 heterocycles. The molecule has 0 saturated carbocycles. The average Bonchev–Trinajstić information content (AvgIpc) is 2.47. The van der Waals surface area contributed by atoms with Gasteiger partial charge < -0.3 is 10.6 Å². The molecule has 0 aromatic carbocycles. The Kier molecular flexibility index (Phi) is 6.42. The third-order valence-corrected chi connectivity index (χ3v) is 4.29. The minimum atomic E-state index is 0.226. The minimum absolute atomic E-state index is 0.226. The zero-order valence-electron chi connectivity index (χ0n) is 12.0. The van der Waals surface area contributed by atoms with Gasteiger partial charge in [-0.15, -0.1) is 0 Å². The van der Waals surface area contributed by atoms with Gasteiger partial charge in [-0.1, -0.05) is 18.1 Å². The van der Waals surface area contributed by atoms with Gasteiger partial charge in [-0.3, -0.25) is 4.79 Å². The van der Waals surface area contributed by atoms with Crippen molar-refractivity contribution in [1.29, 1.82) is 0 Å². The first-order valence-corrected chi connectivity index (χ1v) is 8.02. The molecule has 2 rings (SSSR count). The number of allylic oxidation sites excluding steroid dienone is 1. The molecular formula is C16H28N2O. The topological polar surface area (TPSA) is 41.1 Å². The predicted molar refractivity (Wildman–Crippen MR) is 79.1 cm³/mol. The van der Waals surface area contributed by atoms with Gasteiger partial charge in [0.05, 0.1) is 0 Å². The molecule has 1 aliphatic carbocycles. The van der Waals surface area contributed by atoms with Crippen LogP contribution in [0.5, 0.6) is 0 Å². The number of rotatable bonds is 6. The van der Waals surface area contributed by atoms with E-state index in [2.05, 4.69) is 16.7 Å². The van der Waals surface area contributed by atoms with E-state index in [4.69, 9.17) is 0 Å². The zero-order chi connectivity index (χ0) is 13.3. The van der Waals surface area contributed by atoms with Crippen LogP contribution in [0.15, 0.2) is 11.6 Å². The fraction of sp³-hybridized carbons (Fsp3) is 0.812. The standard InChI is InChI=1S/C16H28N2O/c19-16(10-9-15-8-4-5-12-17-15)18-13-11-14-6-2-1-3-7-14/h6,15,17H,1-5,7-13H2,(H,18,19). The minimum Gasteiger partial charge on any atom is -0.356 e. The van der Waals surface area contributed by atoms with Crippen LogP contribution in [0.25, 0.3) is 0 Å². The first kappa shape index (κ1) is 14.6. The summed E-state index contributed by atoms with van der Waals surface area (Å²) in [6.07, 6.45) is 14.1. The zero-order valence-corrected chi connectivity index (χ0v) is 12.0. The molecule has 2 aliphatic rings. The highest BCUT2D eigenvalue weighted by Crippen LogP contribution is 2.19. The number of carbonyl (C=O) groups is 1. The fourth-order valence-electron chi connectivity index (χ4n) is 3.06. The Morgan fingerprint density at radius 3 is 3.00 bits per heavy atom. The summed E-state index contributed by atoms with van der Waals surface area (Å²) < 4.78 is 0. The summed E-state index contributed by atoms with van der Waals surface area (Å²) in [7, 11) is 0. The monoisotopic (exact) mass is 264 g/mol. The second-order valence-corrected chi connectivity index (χ2v) is 5.89. The van der Waals surface area contributed by atoms with E-state index in [1.54, 1.807) is 5.57 Å². The number of amides is 1. The van der Waals surface area contributed by atoms with E-state index in [0.717, 1.165) is 25.9 Å². The second-order valence-electron chi connectivity index (χ2n) is 5.89. The third-order valence-electron chi connectivity index (χ3n) is 4.29. The molecule has 0 spiro atoms. The van der Waals surface area contributed by atoms with Gasteiger partial charge in [0.15, 0.2) is 0 Å². The van der Waals surface area contributed by atoms with Gasteiger partial charge >= 0.3 is 0 Å². The first-order chi connectivity index (χ1) is 9.34. The van der Waals surface area contributed by atoms with Crippen LogP contribution in [0.3, 0.4) is 0 Å². The van der Waals surface area contributed by atoms with E-state index in [1.165, 1.54) is 44.9 Å². The number of piperidine rings is 1. The van der Waals surface area contributed by atoms with Gasteiger partial charge in [0.1, 0.15) is 0 Å². The predicted octanol–water partition coefficient (Wildman–Crippen LogP) is 2.92. The Morgan fingerprint density at radius 2 is 2.26 bits per heavy atom. The van der Waals surface area contributed by atoms with Gasteiger partial charge in [-0.05, 0) is 57.9 Å².